The minimum Gasteiger partial charge on any atom is -0.339 e. The fourth-order valence-electron chi connectivity index (χ4n) is 2.68. The summed E-state index contributed by atoms with van der Waals surface area (Å²) in [7, 11) is 1.87. The first-order chi connectivity index (χ1) is 10.7. The van der Waals surface area contributed by atoms with Crippen LogP contribution in [0.3, 0.4) is 0 Å². The summed E-state index contributed by atoms with van der Waals surface area (Å²) in [5, 5.41) is 5.89. The quantitative estimate of drug-likeness (QED) is 0.783. The Labute approximate surface area is 144 Å². The summed E-state index contributed by atoms with van der Waals surface area (Å²) in [5.74, 6) is -0.0278. The van der Waals surface area contributed by atoms with Crippen LogP contribution in [0.2, 0.25) is 0 Å². The number of carbonyl (C=O) groups excluding carboxylic acids is 2. The van der Waals surface area contributed by atoms with Crippen LogP contribution in [-0.4, -0.2) is 43.4 Å². The van der Waals surface area contributed by atoms with E-state index in [9.17, 15) is 9.59 Å². The Morgan fingerprint density at radius 3 is 2.52 bits per heavy atom. The molecule has 5 nitrogen and oxygen atoms in total. The van der Waals surface area contributed by atoms with Gasteiger partial charge in [0.15, 0.2) is 0 Å². The first-order valence-electron chi connectivity index (χ1n) is 8.05. The van der Waals surface area contributed by atoms with Crippen LogP contribution in [0.4, 0.5) is 5.69 Å². The van der Waals surface area contributed by atoms with Crippen molar-refractivity contribution >= 4 is 29.9 Å². The van der Waals surface area contributed by atoms with Crippen molar-refractivity contribution in [2.24, 2.45) is 0 Å². The number of likely N-dealkylation sites (tertiary alicyclic amines) is 1. The third-order valence-corrected chi connectivity index (χ3v) is 3.91. The molecule has 1 fully saturated rings. The van der Waals surface area contributed by atoms with Crippen molar-refractivity contribution in [3.05, 3.63) is 29.8 Å². The second kappa shape index (κ2) is 10.2. The minimum atomic E-state index is -0.0471. The predicted molar refractivity (Wildman–Crippen MR) is 95.2 cm³/mol. The van der Waals surface area contributed by atoms with E-state index in [0.29, 0.717) is 17.7 Å². The zero-order valence-corrected chi connectivity index (χ0v) is 14.5. The Morgan fingerprint density at radius 2 is 1.83 bits per heavy atom. The van der Waals surface area contributed by atoms with Crippen molar-refractivity contribution in [3.63, 3.8) is 0 Å². The molecule has 0 bridgehead atoms. The number of benzene rings is 1. The largest absolute Gasteiger partial charge is 0.339 e. The second-order valence-corrected chi connectivity index (χ2v) is 5.65. The number of amides is 2. The van der Waals surface area contributed by atoms with E-state index in [4.69, 9.17) is 0 Å². The highest BCUT2D eigenvalue weighted by Crippen LogP contribution is 2.20. The molecule has 0 radical (unpaired) electrons. The standard InChI is InChI=1S/C17H25N3O2.ClH/c1-18-11-7-10-16(21)19-15-9-4-3-8-14(15)17(22)20-12-5-2-6-13-20;/h3-4,8-9,18H,2,5-7,10-13H2,1H3,(H,19,21);1H. The van der Waals surface area contributed by atoms with Crippen molar-refractivity contribution in [2.75, 3.05) is 32.0 Å². The van der Waals surface area contributed by atoms with Gasteiger partial charge in [0.1, 0.15) is 0 Å². The maximum atomic E-state index is 12.6. The van der Waals surface area contributed by atoms with Crippen LogP contribution in [0, 0.1) is 0 Å². The van der Waals surface area contributed by atoms with E-state index in [2.05, 4.69) is 10.6 Å². The zero-order valence-electron chi connectivity index (χ0n) is 13.6. The van der Waals surface area contributed by atoms with Crippen LogP contribution in [-0.2, 0) is 4.79 Å². The monoisotopic (exact) mass is 339 g/mol. The van der Waals surface area contributed by atoms with Crippen molar-refractivity contribution in [1.82, 2.24) is 10.2 Å². The molecule has 0 aliphatic carbocycles. The third-order valence-electron chi connectivity index (χ3n) is 3.91. The molecule has 1 aliphatic rings. The Morgan fingerprint density at radius 1 is 1.13 bits per heavy atom. The molecule has 1 aromatic rings. The molecule has 6 heteroatoms. The number of anilines is 1. The summed E-state index contributed by atoms with van der Waals surface area (Å²) in [6, 6.07) is 7.28. The SMILES string of the molecule is CNCCCC(=O)Nc1ccccc1C(=O)N1CCCCC1.Cl. The molecule has 23 heavy (non-hydrogen) atoms. The van der Waals surface area contributed by atoms with Gasteiger partial charge in [-0.15, -0.1) is 12.4 Å². The van der Waals surface area contributed by atoms with Crippen LogP contribution in [0.15, 0.2) is 24.3 Å². The molecule has 1 aromatic carbocycles. The van der Waals surface area contributed by atoms with Gasteiger partial charge in [0.05, 0.1) is 11.3 Å². The first-order valence-corrected chi connectivity index (χ1v) is 8.05. The topological polar surface area (TPSA) is 61.4 Å². The van der Waals surface area contributed by atoms with E-state index in [1.807, 2.05) is 24.1 Å². The smallest absolute Gasteiger partial charge is 0.255 e. The first kappa shape index (κ1) is 19.5. The number of nitrogens with one attached hydrogen (secondary N) is 2. The molecule has 0 atom stereocenters. The number of piperidine rings is 1. The van der Waals surface area contributed by atoms with Gasteiger partial charge in [-0.3, -0.25) is 9.59 Å². The molecule has 2 rings (SSSR count). The lowest BCUT2D eigenvalue weighted by Gasteiger charge is -2.27. The molecule has 2 amide bonds. The van der Waals surface area contributed by atoms with E-state index in [1.165, 1.54) is 6.42 Å². The summed E-state index contributed by atoms with van der Waals surface area (Å²) in [4.78, 5) is 26.5. The fourth-order valence-corrected chi connectivity index (χ4v) is 2.68. The molecule has 1 heterocycles. The maximum absolute atomic E-state index is 12.6. The predicted octanol–water partition coefficient (Wildman–Crippen LogP) is 2.67. The van der Waals surface area contributed by atoms with Gasteiger partial charge in [0.25, 0.3) is 5.91 Å². The van der Waals surface area contributed by atoms with Gasteiger partial charge < -0.3 is 15.5 Å². The summed E-state index contributed by atoms with van der Waals surface area (Å²) in [6.45, 7) is 2.42. The van der Waals surface area contributed by atoms with Gasteiger partial charge in [-0.1, -0.05) is 12.1 Å². The van der Waals surface area contributed by atoms with Crippen molar-refractivity contribution in [2.45, 2.75) is 32.1 Å². The van der Waals surface area contributed by atoms with Gasteiger partial charge in [-0.25, -0.2) is 0 Å². The van der Waals surface area contributed by atoms with Gasteiger partial charge >= 0.3 is 0 Å². The van der Waals surface area contributed by atoms with Gasteiger partial charge in [-0.2, -0.15) is 0 Å². The van der Waals surface area contributed by atoms with Crippen molar-refractivity contribution < 1.29 is 9.59 Å². The number of rotatable bonds is 6. The average molecular weight is 340 g/mol. The highest BCUT2D eigenvalue weighted by molar-refractivity contribution is 6.03. The third kappa shape index (κ3) is 5.84. The number of hydrogen-bond donors (Lipinski definition) is 2. The Balaban J connectivity index is 0.00000264. The highest BCUT2D eigenvalue weighted by Gasteiger charge is 2.21. The molecular formula is C17H26ClN3O2. The normalized spacial score (nSPS) is 14.0. The van der Waals surface area contributed by atoms with Crippen LogP contribution in [0.1, 0.15) is 42.5 Å². The Bertz CT molecular complexity index is 516. The van der Waals surface area contributed by atoms with Crippen LogP contribution < -0.4 is 10.6 Å². The summed E-state index contributed by atoms with van der Waals surface area (Å²) < 4.78 is 0. The van der Waals surface area contributed by atoms with Gasteiger partial charge in [-0.05, 0) is 51.4 Å². The number of hydrogen-bond acceptors (Lipinski definition) is 3. The number of carbonyl (C=O) groups is 2. The van der Waals surface area contributed by atoms with Crippen molar-refractivity contribution in [1.29, 1.82) is 0 Å². The fraction of sp³-hybridized carbons (Fsp3) is 0.529. The number of nitrogens with zero attached hydrogens (tertiary/aromatic N) is 1. The van der Waals surface area contributed by atoms with E-state index in [0.717, 1.165) is 38.9 Å². The molecule has 0 spiro atoms. The molecule has 0 saturated carbocycles. The maximum Gasteiger partial charge on any atom is 0.255 e. The Hall–Kier alpha value is -1.59. The highest BCUT2D eigenvalue weighted by atomic mass is 35.5. The van der Waals surface area contributed by atoms with E-state index in [1.54, 1.807) is 12.1 Å². The molecule has 0 unspecified atom stereocenters. The van der Waals surface area contributed by atoms with Crippen LogP contribution >= 0.6 is 12.4 Å². The molecule has 1 saturated heterocycles. The van der Waals surface area contributed by atoms with E-state index >= 15 is 0 Å². The number of halogens is 1. The molecule has 1 aliphatic heterocycles. The molecule has 2 N–H and O–H groups in total. The molecule has 128 valence electrons. The molecular weight excluding hydrogens is 314 g/mol. The van der Waals surface area contributed by atoms with E-state index in [-0.39, 0.29) is 24.2 Å². The molecule has 0 aromatic heterocycles. The van der Waals surface area contributed by atoms with Crippen LogP contribution in [0.5, 0.6) is 0 Å². The zero-order chi connectivity index (χ0) is 15.8. The van der Waals surface area contributed by atoms with Gasteiger partial charge in [0, 0.05) is 19.5 Å². The summed E-state index contributed by atoms with van der Waals surface area (Å²) in [5.41, 5.74) is 1.21. The average Bonchev–Trinajstić information content (AvgIpc) is 2.56. The van der Waals surface area contributed by atoms with Crippen LogP contribution in [0.25, 0.3) is 0 Å². The summed E-state index contributed by atoms with van der Waals surface area (Å²) in [6.07, 6.45) is 4.54. The second-order valence-electron chi connectivity index (χ2n) is 5.65. The minimum absolute atomic E-state index is 0. The number of para-hydroxylation sites is 1. The lowest BCUT2D eigenvalue weighted by Crippen LogP contribution is -2.36. The van der Waals surface area contributed by atoms with Gasteiger partial charge in [0.2, 0.25) is 5.91 Å². The lowest BCUT2D eigenvalue weighted by atomic mass is 10.1. The lowest BCUT2D eigenvalue weighted by molar-refractivity contribution is -0.116. The van der Waals surface area contributed by atoms with Crippen molar-refractivity contribution in [3.8, 4) is 0 Å². The summed E-state index contributed by atoms with van der Waals surface area (Å²) >= 11 is 0. The van der Waals surface area contributed by atoms with E-state index < -0.39 is 0 Å². The Kier molecular flexibility index (Phi) is 8.66.